The third kappa shape index (κ3) is 4.07. The zero-order chi connectivity index (χ0) is 16.1. The van der Waals surface area contributed by atoms with Crippen LogP contribution in [0.25, 0.3) is 0 Å². The molecule has 6 nitrogen and oxygen atoms in total. The Morgan fingerprint density at radius 2 is 2.09 bits per heavy atom. The lowest BCUT2D eigenvalue weighted by molar-refractivity contribution is 0.728. The molecule has 2 heterocycles. The van der Waals surface area contributed by atoms with Crippen LogP contribution in [0.15, 0.2) is 10.4 Å². The largest absolute Gasteiger partial charge is 0.356 e. The molecule has 0 unspecified atom stereocenters. The molecule has 0 fully saturated rings. The summed E-state index contributed by atoms with van der Waals surface area (Å²) in [5, 5.41) is 14.3. The van der Waals surface area contributed by atoms with Crippen LogP contribution in [0.3, 0.4) is 0 Å². The van der Waals surface area contributed by atoms with Gasteiger partial charge in [-0.1, -0.05) is 0 Å². The Hall–Kier alpha value is -1.89. The molecule has 2 N–H and O–H groups in total. The Labute approximate surface area is 135 Å². The predicted molar refractivity (Wildman–Crippen MR) is 91.4 cm³/mol. The fourth-order valence-corrected chi connectivity index (χ4v) is 2.95. The van der Waals surface area contributed by atoms with Crippen molar-refractivity contribution in [3.8, 4) is 0 Å². The highest BCUT2D eigenvalue weighted by atomic mass is 32.1. The van der Waals surface area contributed by atoms with E-state index in [1.807, 2.05) is 25.6 Å². The molecule has 0 radical (unpaired) electrons. The molecule has 0 aliphatic heterocycles. The first kappa shape index (κ1) is 16.5. The maximum atomic E-state index is 4.46. The number of hydrogen-bond acceptors (Lipinski definition) is 4. The van der Waals surface area contributed by atoms with Gasteiger partial charge in [-0.25, -0.2) is 4.98 Å². The third-order valence-corrected chi connectivity index (χ3v) is 4.48. The minimum Gasteiger partial charge on any atom is -0.356 e. The first-order valence-electron chi connectivity index (χ1n) is 7.36. The fourth-order valence-electron chi connectivity index (χ4n) is 2.30. The summed E-state index contributed by atoms with van der Waals surface area (Å²) in [5.74, 6) is 0.801. The number of nitrogens with one attached hydrogen (secondary N) is 2. The maximum Gasteiger partial charge on any atom is 0.191 e. The van der Waals surface area contributed by atoms with Gasteiger partial charge in [0.25, 0.3) is 0 Å². The van der Waals surface area contributed by atoms with Crippen molar-refractivity contribution in [2.75, 3.05) is 13.6 Å². The second kappa shape index (κ2) is 7.40. The van der Waals surface area contributed by atoms with Crippen molar-refractivity contribution < 1.29 is 0 Å². The number of aromatic nitrogens is 3. The lowest BCUT2D eigenvalue weighted by atomic mass is 10.2. The molecule has 0 aliphatic rings. The second-order valence-electron chi connectivity index (χ2n) is 5.23. The van der Waals surface area contributed by atoms with Gasteiger partial charge in [-0.2, -0.15) is 5.10 Å². The zero-order valence-electron chi connectivity index (χ0n) is 13.9. The van der Waals surface area contributed by atoms with E-state index in [2.05, 4.69) is 38.0 Å². The molecule has 0 bridgehead atoms. The molecule has 0 saturated carbocycles. The molecule has 0 aliphatic carbocycles. The molecule has 22 heavy (non-hydrogen) atoms. The Balaban J connectivity index is 1.82. The SMILES string of the molecule is CN=C(NCCc1csc(C)n1)NCc1c(C)nn(C)c1C. The summed E-state index contributed by atoms with van der Waals surface area (Å²) in [5.41, 5.74) is 4.59. The van der Waals surface area contributed by atoms with Gasteiger partial charge in [-0.15, -0.1) is 11.3 Å². The van der Waals surface area contributed by atoms with Crippen LogP contribution in [-0.2, 0) is 20.0 Å². The molecule has 2 aromatic heterocycles. The molecule has 0 aromatic carbocycles. The van der Waals surface area contributed by atoms with E-state index in [1.54, 1.807) is 18.4 Å². The molecule has 0 atom stereocenters. The van der Waals surface area contributed by atoms with Gasteiger partial charge in [-0.3, -0.25) is 9.67 Å². The normalized spacial score (nSPS) is 11.8. The molecule has 2 rings (SSSR count). The average Bonchev–Trinajstić information content (AvgIpc) is 2.99. The van der Waals surface area contributed by atoms with Crippen LogP contribution in [-0.4, -0.2) is 34.3 Å². The van der Waals surface area contributed by atoms with Gasteiger partial charge in [0.15, 0.2) is 5.96 Å². The van der Waals surface area contributed by atoms with Crippen molar-refractivity contribution in [2.24, 2.45) is 12.0 Å². The van der Waals surface area contributed by atoms with E-state index in [-0.39, 0.29) is 0 Å². The topological polar surface area (TPSA) is 67.1 Å². The Morgan fingerprint density at radius 3 is 2.64 bits per heavy atom. The number of nitrogens with zero attached hydrogens (tertiary/aromatic N) is 4. The van der Waals surface area contributed by atoms with Crippen molar-refractivity contribution in [3.63, 3.8) is 0 Å². The van der Waals surface area contributed by atoms with Gasteiger partial charge >= 0.3 is 0 Å². The molecule has 0 spiro atoms. The van der Waals surface area contributed by atoms with E-state index in [0.717, 1.165) is 41.9 Å². The number of rotatable bonds is 5. The molecular weight excluding hydrogens is 296 g/mol. The quantitative estimate of drug-likeness (QED) is 0.650. The van der Waals surface area contributed by atoms with E-state index in [0.29, 0.717) is 0 Å². The van der Waals surface area contributed by atoms with Crippen LogP contribution >= 0.6 is 11.3 Å². The van der Waals surface area contributed by atoms with E-state index in [1.165, 1.54) is 11.3 Å². The maximum absolute atomic E-state index is 4.46. The fraction of sp³-hybridized carbons (Fsp3) is 0.533. The van der Waals surface area contributed by atoms with Gasteiger partial charge < -0.3 is 10.6 Å². The summed E-state index contributed by atoms with van der Waals surface area (Å²) >= 11 is 1.69. The minimum absolute atomic E-state index is 0.723. The third-order valence-electron chi connectivity index (χ3n) is 3.66. The molecular formula is C15H24N6S. The predicted octanol–water partition coefficient (Wildman–Crippen LogP) is 1.71. The lowest BCUT2D eigenvalue weighted by Gasteiger charge is -2.11. The summed E-state index contributed by atoms with van der Waals surface area (Å²) in [4.78, 5) is 8.72. The minimum atomic E-state index is 0.723. The molecule has 0 amide bonds. The second-order valence-corrected chi connectivity index (χ2v) is 6.30. The lowest BCUT2D eigenvalue weighted by Crippen LogP contribution is -2.38. The van der Waals surface area contributed by atoms with Crippen molar-refractivity contribution in [1.82, 2.24) is 25.4 Å². The zero-order valence-corrected chi connectivity index (χ0v) is 14.7. The Bertz CT molecular complexity index is 655. The van der Waals surface area contributed by atoms with Crippen molar-refractivity contribution in [3.05, 3.63) is 33.0 Å². The first-order valence-corrected chi connectivity index (χ1v) is 8.23. The summed E-state index contributed by atoms with van der Waals surface area (Å²) in [7, 11) is 3.75. The van der Waals surface area contributed by atoms with Crippen LogP contribution in [0, 0.1) is 20.8 Å². The number of aliphatic imine (C=N–C) groups is 1. The molecule has 7 heteroatoms. The van der Waals surface area contributed by atoms with Gasteiger partial charge in [0.2, 0.25) is 0 Å². The number of thiazole rings is 1. The van der Waals surface area contributed by atoms with Gasteiger partial charge in [0.1, 0.15) is 0 Å². The first-order chi connectivity index (χ1) is 10.5. The average molecular weight is 320 g/mol. The number of guanidine groups is 1. The van der Waals surface area contributed by atoms with E-state index in [4.69, 9.17) is 0 Å². The monoisotopic (exact) mass is 320 g/mol. The summed E-state index contributed by atoms with van der Waals surface area (Å²) in [6.45, 7) is 7.68. The molecule has 2 aromatic rings. The van der Waals surface area contributed by atoms with E-state index in [9.17, 15) is 0 Å². The van der Waals surface area contributed by atoms with Crippen LogP contribution < -0.4 is 10.6 Å². The Morgan fingerprint density at radius 1 is 1.32 bits per heavy atom. The summed E-state index contributed by atoms with van der Waals surface area (Å²) in [6.07, 6.45) is 0.899. The number of aryl methyl sites for hydroxylation is 3. The summed E-state index contributed by atoms with van der Waals surface area (Å²) < 4.78 is 1.91. The highest BCUT2D eigenvalue weighted by molar-refractivity contribution is 7.09. The standard InChI is InChI=1S/C15H24N6S/c1-10-14(11(2)21(5)20-10)8-18-15(16-4)17-7-6-13-9-22-12(3)19-13/h9H,6-8H2,1-5H3,(H2,16,17,18). The van der Waals surface area contributed by atoms with Crippen LogP contribution in [0.4, 0.5) is 0 Å². The van der Waals surface area contributed by atoms with Crippen LogP contribution in [0.2, 0.25) is 0 Å². The van der Waals surface area contributed by atoms with E-state index < -0.39 is 0 Å². The highest BCUT2D eigenvalue weighted by Gasteiger charge is 2.09. The van der Waals surface area contributed by atoms with Crippen molar-refractivity contribution >= 4 is 17.3 Å². The van der Waals surface area contributed by atoms with Gasteiger partial charge in [0, 0.05) is 50.2 Å². The van der Waals surface area contributed by atoms with Crippen LogP contribution in [0.1, 0.15) is 27.7 Å². The highest BCUT2D eigenvalue weighted by Crippen LogP contribution is 2.11. The number of hydrogen-bond donors (Lipinski definition) is 2. The summed E-state index contributed by atoms with van der Waals surface area (Å²) in [6, 6.07) is 0. The van der Waals surface area contributed by atoms with Crippen molar-refractivity contribution in [1.29, 1.82) is 0 Å². The Kier molecular flexibility index (Phi) is 5.54. The van der Waals surface area contributed by atoms with Gasteiger partial charge in [-0.05, 0) is 20.8 Å². The van der Waals surface area contributed by atoms with Crippen molar-refractivity contribution in [2.45, 2.75) is 33.7 Å². The smallest absolute Gasteiger partial charge is 0.191 e. The van der Waals surface area contributed by atoms with Crippen LogP contribution in [0.5, 0.6) is 0 Å². The molecule has 120 valence electrons. The van der Waals surface area contributed by atoms with E-state index >= 15 is 0 Å². The van der Waals surface area contributed by atoms with Gasteiger partial charge in [0.05, 0.1) is 16.4 Å². The molecule has 0 saturated heterocycles.